The Morgan fingerprint density at radius 1 is 1.36 bits per heavy atom. The molecule has 0 aromatic heterocycles. The molecular weight excluding hydrogens is 154 g/mol. The zero-order chi connectivity index (χ0) is 8.54. The third kappa shape index (κ3) is 2.13. The molecule has 0 saturated heterocycles. The van der Waals surface area contributed by atoms with Gasteiger partial charge in [-0.1, -0.05) is 20.8 Å². The molecule has 0 bridgehead atoms. The Morgan fingerprint density at radius 2 is 1.91 bits per heavy atom. The van der Waals surface area contributed by atoms with E-state index in [1.807, 2.05) is 11.8 Å². The first-order valence-electron chi connectivity index (χ1n) is 4.09. The second-order valence-electron chi connectivity index (χ2n) is 4.17. The molecule has 1 fully saturated rings. The Balaban J connectivity index is 2.54. The van der Waals surface area contributed by atoms with Crippen LogP contribution in [0.3, 0.4) is 0 Å². The van der Waals surface area contributed by atoms with E-state index in [1.165, 1.54) is 6.42 Å². The van der Waals surface area contributed by atoms with Crippen LogP contribution in [0.2, 0.25) is 0 Å². The van der Waals surface area contributed by atoms with Gasteiger partial charge in [-0.2, -0.15) is 5.26 Å². The van der Waals surface area contributed by atoms with Crippen LogP contribution in [-0.2, 0) is 0 Å². The maximum Gasteiger partial charge on any atom is 0.103 e. The summed E-state index contributed by atoms with van der Waals surface area (Å²) in [4.78, 5) is 0. The minimum atomic E-state index is -0.0295. The summed E-state index contributed by atoms with van der Waals surface area (Å²) in [7, 11) is 0. The second kappa shape index (κ2) is 2.71. The van der Waals surface area contributed by atoms with E-state index in [-0.39, 0.29) is 9.49 Å². The first-order valence-corrected chi connectivity index (χ1v) is 4.91. The summed E-state index contributed by atoms with van der Waals surface area (Å²) in [6, 6.07) is 2.43. The lowest BCUT2D eigenvalue weighted by Crippen LogP contribution is -2.35. The molecule has 0 atom stereocenters. The molecule has 62 valence electrons. The number of rotatable bonds is 1. The number of hydrogen-bond acceptors (Lipinski definition) is 2. The van der Waals surface area contributed by atoms with E-state index in [0.717, 1.165) is 12.8 Å². The van der Waals surface area contributed by atoms with Crippen molar-refractivity contribution in [1.82, 2.24) is 0 Å². The van der Waals surface area contributed by atoms with Gasteiger partial charge in [0.15, 0.2) is 0 Å². The summed E-state index contributed by atoms with van der Waals surface area (Å²) in [6.45, 7) is 6.53. The summed E-state index contributed by atoms with van der Waals surface area (Å²) >= 11 is 1.83. The van der Waals surface area contributed by atoms with Gasteiger partial charge in [0.05, 0.1) is 6.07 Å². The number of nitriles is 1. The van der Waals surface area contributed by atoms with Crippen LogP contribution in [0, 0.1) is 11.3 Å². The Labute approximate surface area is 73.2 Å². The Kier molecular flexibility index (Phi) is 2.20. The largest absolute Gasteiger partial charge is 0.197 e. The van der Waals surface area contributed by atoms with E-state index < -0.39 is 0 Å². The van der Waals surface area contributed by atoms with Crippen molar-refractivity contribution in [3.8, 4) is 6.07 Å². The van der Waals surface area contributed by atoms with E-state index in [9.17, 15) is 0 Å². The topological polar surface area (TPSA) is 23.8 Å². The van der Waals surface area contributed by atoms with Crippen LogP contribution in [-0.4, -0.2) is 9.49 Å². The van der Waals surface area contributed by atoms with Crippen molar-refractivity contribution in [3.05, 3.63) is 0 Å². The van der Waals surface area contributed by atoms with Crippen molar-refractivity contribution in [2.45, 2.75) is 49.5 Å². The number of thioether (sulfide) groups is 1. The lowest BCUT2D eigenvalue weighted by molar-refractivity contribution is 0.436. The number of nitrogens with zero attached hydrogens (tertiary/aromatic N) is 1. The quantitative estimate of drug-likeness (QED) is 0.602. The third-order valence-electron chi connectivity index (χ3n) is 1.87. The molecule has 1 aliphatic rings. The smallest absolute Gasteiger partial charge is 0.103 e. The molecule has 0 spiro atoms. The van der Waals surface area contributed by atoms with Gasteiger partial charge in [-0.05, 0) is 19.3 Å². The van der Waals surface area contributed by atoms with Crippen LogP contribution < -0.4 is 0 Å². The summed E-state index contributed by atoms with van der Waals surface area (Å²) in [5.41, 5.74) is 0. The monoisotopic (exact) mass is 169 g/mol. The van der Waals surface area contributed by atoms with Crippen molar-refractivity contribution in [3.63, 3.8) is 0 Å². The fraction of sp³-hybridized carbons (Fsp3) is 0.889. The molecule has 0 radical (unpaired) electrons. The van der Waals surface area contributed by atoms with Gasteiger partial charge in [0.25, 0.3) is 0 Å². The summed E-state index contributed by atoms with van der Waals surface area (Å²) < 4.78 is 0.203. The van der Waals surface area contributed by atoms with E-state index in [0.29, 0.717) is 0 Å². The highest BCUT2D eigenvalue weighted by atomic mass is 32.2. The molecule has 0 unspecified atom stereocenters. The minimum absolute atomic E-state index is 0.0295. The standard InChI is InChI=1S/C9H15NS/c1-8(2,3)11-9(7-10)5-4-6-9/h4-6H2,1-3H3. The summed E-state index contributed by atoms with van der Waals surface area (Å²) in [5, 5.41) is 8.93. The predicted octanol–water partition coefficient (Wildman–Crippen LogP) is 2.96. The first kappa shape index (κ1) is 8.93. The molecular formula is C9H15NS. The van der Waals surface area contributed by atoms with Crippen LogP contribution >= 0.6 is 11.8 Å². The van der Waals surface area contributed by atoms with Crippen LogP contribution in [0.15, 0.2) is 0 Å². The maximum atomic E-state index is 8.93. The zero-order valence-electron chi connectivity index (χ0n) is 7.48. The van der Waals surface area contributed by atoms with Gasteiger partial charge < -0.3 is 0 Å². The van der Waals surface area contributed by atoms with E-state index in [1.54, 1.807) is 0 Å². The molecule has 0 heterocycles. The molecule has 1 rings (SSSR count). The molecule has 0 aromatic carbocycles. The van der Waals surface area contributed by atoms with Gasteiger partial charge in [0.1, 0.15) is 4.75 Å². The fourth-order valence-corrected chi connectivity index (χ4v) is 3.03. The van der Waals surface area contributed by atoms with Crippen molar-refractivity contribution in [2.75, 3.05) is 0 Å². The first-order chi connectivity index (χ1) is 4.97. The molecule has 11 heavy (non-hydrogen) atoms. The SMILES string of the molecule is CC(C)(C)SC1(C#N)CCC1. The molecule has 0 N–H and O–H groups in total. The number of hydrogen-bond donors (Lipinski definition) is 0. The van der Waals surface area contributed by atoms with E-state index in [4.69, 9.17) is 5.26 Å². The molecule has 1 saturated carbocycles. The van der Waals surface area contributed by atoms with E-state index in [2.05, 4.69) is 26.8 Å². The normalized spacial score (nSPS) is 22.0. The Bertz CT molecular complexity index is 181. The van der Waals surface area contributed by atoms with Crippen LogP contribution in [0.4, 0.5) is 0 Å². The molecule has 0 aromatic rings. The van der Waals surface area contributed by atoms with Crippen molar-refractivity contribution in [1.29, 1.82) is 5.26 Å². The Hall–Kier alpha value is -0.160. The molecule has 1 aliphatic carbocycles. The van der Waals surface area contributed by atoms with Crippen molar-refractivity contribution < 1.29 is 0 Å². The van der Waals surface area contributed by atoms with Crippen molar-refractivity contribution in [2.24, 2.45) is 0 Å². The van der Waals surface area contributed by atoms with Crippen molar-refractivity contribution >= 4 is 11.8 Å². The summed E-state index contributed by atoms with van der Waals surface area (Å²) in [6.07, 6.45) is 3.41. The highest BCUT2D eigenvalue weighted by molar-refractivity contribution is 8.02. The average Bonchev–Trinajstić information content (AvgIpc) is 1.77. The van der Waals surface area contributed by atoms with Gasteiger partial charge in [0, 0.05) is 4.75 Å². The van der Waals surface area contributed by atoms with Gasteiger partial charge in [-0.25, -0.2) is 0 Å². The Morgan fingerprint density at radius 3 is 2.00 bits per heavy atom. The van der Waals surface area contributed by atoms with Crippen LogP contribution in [0.5, 0.6) is 0 Å². The summed E-state index contributed by atoms with van der Waals surface area (Å²) in [5.74, 6) is 0. The van der Waals surface area contributed by atoms with E-state index >= 15 is 0 Å². The second-order valence-corrected chi connectivity index (χ2v) is 6.38. The predicted molar refractivity (Wildman–Crippen MR) is 49.5 cm³/mol. The molecule has 1 nitrogen and oxygen atoms in total. The molecule has 2 heteroatoms. The molecule has 0 aliphatic heterocycles. The average molecular weight is 169 g/mol. The van der Waals surface area contributed by atoms with Crippen LogP contribution in [0.1, 0.15) is 40.0 Å². The van der Waals surface area contributed by atoms with Crippen LogP contribution in [0.25, 0.3) is 0 Å². The van der Waals surface area contributed by atoms with Gasteiger partial charge in [-0.15, -0.1) is 11.8 Å². The highest BCUT2D eigenvalue weighted by Crippen LogP contribution is 2.48. The third-order valence-corrected chi connectivity index (χ3v) is 3.37. The lowest BCUT2D eigenvalue weighted by Gasteiger charge is -2.39. The lowest BCUT2D eigenvalue weighted by atomic mass is 9.86. The molecule has 0 amide bonds. The highest BCUT2D eigenvalue weighted by Gasteiger charge is 2.40. The fourth-order valence-electron chi connectivity index (χ4n) is 1.32. The van der Waals surface area contributed by atoms with Gasteiger partial charge in [-0.3, -0.25) is 0 Å². The zero-order valence-corrected chi connectivity index (χ0v) is 8.29. The minimum Gasteiger partial charge on any atom is -0.197 e. The maximum absolute atomic E-state index is 8.93. The van der Waals surface area contributed by atoms with Gasteiger partial charge >= 0.3 is 0 Å². The van der Waals surface area contributed by atoms with Gasteiger partial charge in [0.2, 0.25) is 0 Å².